The molecule has 3 amide bonds. The van der Waals surface area contributed by atoms with E-state index < -0.39 is 19.1 Å². The number of amides is 3. The Labute approximate surface area is 227 Å². The molecule has 6 N–H and O–H groups in total. The summed E-state index contributed by atoms with van der Waals surface area (Å²) in [6.07, 6.45) is 3.71. The van der Waals surface area contributed by atoms with Crippen molar-refractivity contribution in [1.82, 2.24) is 26.6 Å². The number of hydrogen-bond donors (Lipinski definition) is 6. The van der Waals surface area contributed by atoms with Crippen LogP contribution in [0.3, 0.4) is 0 Å². The highest BCUT2D eigenvalue weighted by Crippen LogP contribution is 2.65. The molecule has 6 atom stereocenters. The van der Waals surface area contributed by atoms with Crippen molar-refractivity contribution in [2.75, 3.05) is 20.1 Å². The normalized spacial score (nSPS) is 28.4. The van der Waals surface area contributed by atoms with Gasteiger partial charge < -0.3 is 35.9 Å². The van der Waals surface area contributed by atoms with E-state index >= 15 is 0 Å². The minimum atomic E-state index is -0.803. The monoisotopic (exact) mass is 534 g/mol. The minimum Gasteiger partial charge on any atom is -0.404 e. The van der Waals surface area contributed by atoms with Gasteiger partial charge in [-0.05, 0) is 62.2 Å². The van der Waals surface area contributed by atoms with Gasteiger partial charge in [0, 0.05) is 20.5 Å². The van der Waals surface area contributed by atoms with Crippen LogP contribution in [0.2, 0.25) is 0 Å². The molecule has 1 aliphatic heterocycles. The molecule has 0 spiro atoms. The summed E-state index contributed by atoms with van der Waals surface area (Å²) in [7, 11) is 1.09. The Morgan fingerprint density at radius 2 is 1.82 bits per heavy atom. The molecule has 2 bridgehead atoms. The number of guanidine groups is 1. The molecule has 4 fully saturated rings. The van der Waals surface area contributed by atoms with Gasteiger partial charge in [-0.2, -0.15) is 0 Å². The first-order chi connectivity index (χ1) is 17.8. The quantitative estimate of drug-likeness (QED) is 0.0943. The van der Waals surface area contributed by atoms with E-state index in [0.717, 1.165) is 12.8 Å². The minimum absolute atomic E-state index is 0.0116. The van der Waals surface area contributed by atoms with E-state index in [9.17, 15) is 14.4 Å². The van der Waals surface area contributed by atoms with E-state index in [2.05, 4.69) is 61.2 Å². The predicted octanol–water partition coefficient (Wildman–Crippen LogP) is 0.930. The Kier molecular flexibility index (Phi) is 9.73. The molecular weight excluding hydrogens is 487 g/mol. The van der Waals surface area contributed by atoms with E-state index in [1.54, 1.807) is 7.05 Å². The SMILES string of the molecule is CNC(=N)NCCC[C@H](NC(=O)CNC(C)=O)C(=O)N[C@@H](CC(C)C)B1O[C@@H]2C[C@@H]3C[C@@H](C3(C)C)[C@]2(C)O1. The van der Waals surface area contributed by atoms with Crippen LogP contribution in [0.25, 0.3) is 0 Å². The van der Waals surface area contributed by atoms with Crippen molar-refractivity contribution >= 4 is 30.8 Å². The lowest BCUT2D eigenvalue weighted by atomic mass is 9.43. The molecule has 38 heavy (non-hydrogen) atoms. The first-order valence-electron chi connectivity index (χ1n) is 14.0. The van der Waals surface area contributed by atoms with Crippen molar-refractivity contribution in [1.29, 1.82) is 5.41 Å². The van der Waals surface area contributed by atoms with Crippen LogP contribution in [-0.4, -0.2) is 74.6 Å². The maximum Gasteiger partial charge on any atom is 0.481 e. The van der Waals surface area contributed by atoms with Crippen LogP contribution >= 0.6 is 0 Å². The first kappa shape index (κ1) is 30.2. The Hall–Kier alpha value is -2.34. The molecule has 0 unspecified atom stereocenters. The zero-order chi connectivity index (χ0) is 28.3. The highest BCUT2D eigenvalue weighted by Gasteiger charge is 2.68. The topological polar surface area (TPSA) is 154 Å². The molecule has 3 saturated carbocycles. The van der Waals surface area contributed by atoms with Gasteiger partial charge in [0.25, 0.3) is 0 Å². The third-order valence-corrected chi connectivity index (χ3v) is 8.72. The van der Waals surface area contributed by atoms with Gasteiger partial charge in [-0.25, -0.2) is 0 Å². The van der Waals surface area contributed by atoms with Gasteiger partial charge in [-0.15, -0.1) is 0 Å². The molecule has 4 aliphatic rings. The van der Waals surface area contributed by atoms with Gasteiger partial charge in [0.1, 0.15) is 6.04 Å². The molecule has 11 nitrogen and oxygen atoms in total. The lowest BCUT2D eigenvalue weighted by molar-refractivity contribution is -0.199. The zero-order valence-corrected chi connectivity index (χ0v) is 24.0. The van der Waals surface area contributed by atoms with E-state index in [1.807, 2.05) is 0 Å². The number of carbonyl (C=O) groups excluding carboxylic acids is 3. The number of rotatable bonds is 12. The van der Waals surface area contributed by atoms with E-state index in [1.165, 1.54) is 6.92 Å². The van der Waals surface area contributed by atoms with Crippen LogP contribution < -0.4 is 26.6 Å². The standard InChI is InChI=1S/C26H47BN6O5/c1-15(2)11-21(27-37-20-13-17-12-19(25(17,4)5)26(20,6)38-27)33-23(36)18(9-8-10-30-24(28)29-7)32-22(35)14-31-16(3)34/h15,17-21H,8-14H2,1-7H3,(H,31,34)(H,32,35)(H,33,36)(H3,28,29,30)/t17-,18-,19-,20+,21-,26-/m0/s1. The predicted molar refractivity (Wildman–Crippen MR) is 146 cm³/mol. The fraction of sp³-hybridized carbons (Fsp3) is 0.846. The molecule has 1 saturated heterocycles. The van der Waals surface area contributed by atoms with Crippen molar-refractivity contribution < 1.29 is 23.7 Å². The summed E-state index contributed by atoms with van der Waals surface area (Å²) in [6, 6.07) is -0.803. The van der Waals surface area contributed by atoms with E-state index in [4.69, 9.17) is 14.7 Å². The summed E-state index contributed by atoms with van der Waals surface area (Å²) in [5.41, 5.74) is -0.153. The fourth-order valence-electron chi connectivity index (χ4n) is 6.43. The number of hydrogen-bond acceptors (Lipinski definition) is 6. The molecule has 214 valence electrons. The zero-order valence-electron chi connectivity index (χ0n) is 24.0. The lowest BCUT2D eigenvalue weighted by Crippen LogP contribution is -2.65. The Balaban J connectivity index is 1.68. The second kappa shape index (κ2) is 12.2. The van der Waals surface area contributed by atoms with Crippen LogP contribution in [0, 0.1) is 28.6 Å². The summed E-state index contributed by atoms with van der Waals surface area (Å²) >= 11 is 0. The smallest absolute Gasteiger partial charge is 0.404 e. The maximum absolute atomic E-state index is 13.5. The van der Waals surface area contributed by atoms with Gasteiger partial charge in [0.2, 0.25) is 17.7 Å². The van der Waals surface area contributed by atoms with Crippen molar-refractivity contribution in [2.24, 2.45) is 23.2 Å². The molecule has 0 aromatic heterocycles. The summed E-state index contributed by atoms with van der Waals surface area (Å²) in [4.78, 5) is 37.2. The molecule has 12 heteroatoms. The summed E-state index contributed by atoms with van der Waals surface area (Å²) < 4.78 is 13.1. The largest absolute Gasteiger partial charge is 0.481 e. The number of carbonyl (C=O) groups is 3. The first-order valence-corrected chi connectivity index (χ1v) is 14.0. The summed E-state index contributed by atoms with van der Waals surface area (Å²) in [5, 5.41) is 21.6. The van der Waals surface area contributed by atoms with E-state index in [-0.39, 0.29) is 53.3 Å². The lowest BCUT2D eigenvalue weighted by Gasteiger charge is -2.64. The molecule has 0 aromatic rings. The van der Waals surface area contributed by atoms with Gasteiger partial charge in [-0.3, -0.25) is 19.8 Å². The third-order valence-electron chi connectivity index (χ3n) is 8.72. The fourth-order valence-corrected chi connectivity index (χ4v) is 6.43. The second-order valence-corrected chi connectivity index (χ2v) is 12.3. The molecule has 0 radical (unpaired) electrons. The second-order valence-electron chi connectivity index (χ2n) is 12.3. The average Bonchev–Trinajstić information content (AvgIpc) is 3.20. The van der Waals surface area contributed by atoms with Crippen molar-refractivity contribution in [2.45, 2.75) is 97.3 Å². The molecule has 4 rings (SSSR count). The van der Waals surface area contributed by atoms with Crippen LogP contribution in [0.15, 0.2) is 0 Å². The molecular formula is C26H47BN6O5. The van der Waals surface area contributed by atoms with E-state index in [0.29, 0.717) is 37.6 Å². The van der Waals surface area contributed by atoms with Gasteiger partial charge in [0.05, 0.1) is 24.2 Å². The summed E-state index contributed by atoms with van der Waals surface area (Å²) in [5.74, 6) is 0.0889. The van der Waals surface area contributed by atoms with Crippen LogP contribution in [0.5, 0.6) is 0 Å². The highest BCUT2D eigenvalue weighted by atomic mass is 16.7. The average molecular weight is 535 g/mol. The maximum atomic E-state index is 13.5. The van der Waals surface area contributed by atoms with Gasteiger partial charge in [-0.1, -0.05) is 27.7 Å². The van der Waals surface area contributed by atoms with Gasteiger partial charge >= 0.3 is 7.12 Å². The Morgan fingerprint density at radius 3 is 2.42 bits per heavy atom. The third kappa shape index (κ3) is 6.80. The molecule has 3 aliphatic carbocycles. The van der Waals surface area contributed by atoms with Crippen LogP contribution in [0.1, 0.15) is 73.6 Å². The van der Waals surface area contributed by atoms with Crippen molar-refractivity contribution in [3.8, 4) is 0 Å². The number of nitrogens with one attached hydrogen (secondary N) is 6. The Morgan fingerprint density at radius 1 is 1.11 bits per heavy atom. The molecule has 1 heterocycles. The van der Waals surface area contributed by atoms with Crippen molar-refractivity contribution in [3.05, 3.63) is 0 Å². The summed E-state index contributed by atoms with van der Waals surface area (Å²) in [6.45, 7) is 12.6. The molecule has 0 aromatic carbocycles. The van der Waals surface area contributed by atoms with Crippen molar-refractivity contribution in [3.63, 3.8) is 0 Å². The highest BCUT2D eigenvalue weighted by molar-refractivity contribution is 6.48. The van der Waals surface area contributed by atoms with Crippen LogP contribution in [0.4, 0.5) is 0 Å². The Bertz CT molecular complexity index is 901. The van der Waals surface area contributed by atoms with Crippen LogP contribution in [-0.2, 0) is 23.7 Å². The van der Waals surface area contributed by atoms with Gasteiger partial charge in [0.15, 0.2) is 5.96 Å².